The van der Waals surface area contributed by atoms with Crippen molar-refractivity contribution in [3.8, 4) is 0 Å². The summed E-state index contributed by atoms with van der Waals surface area (Å²) >= 11 is 0. The average molecular weight is 265 g/mol. The van der Waals surface area contributed by atoms with E-state index in [-0.39, 0.29) is 4.75 Å². The number of fused-ring (bicyclic) bond motifs is 1. The summed E-state index contributed by atoms with van der Waals surface area (Å²) in [5, 5.41) is 0. The SMILES string of the molecule is CC1(C)CN(c2ncnc3nc[nH]c23)CC[S@@]1=O. The van der Waals surface area contributed by atoms with Crippen molar-refractivity contribution < 1.29 is 4.21 Å². The molecule has 0 spiro atoms. The first-order chi connectivity index (χ1) is 8.58. The third-order valence-electron chi connectivity index (χ3n) is 3.24. The Morgan fingerprint density at radius 1 is 1.39 bits per heavy atom. The molecule has 2 aromatic rings. The Hall–Kier alpha value is -1.50. The molecule has 3 heterocycles. The fourth-order valence-electron chi connectivity index (χ4n) is 2.25. The maximum Gasteiger partial charge on any atom is 0.182 e. The second kappa shape index (κ2) is 4.01. The quantitative estimate of drug-likeness (QED) is 0.821. The van der Waals surface area contributed by atoms with Gasteiger partial charge in [0.25, 0.3) is 0 Å². The number of rotatable bonds is 1. The molecule has 1 N–H and O–H groups in total. The average Bonchev–Trinajstić information content (AvgIpc) is 2.80. The number of aromatic nitrogens is 4. The Bertz CT molecular complexity index is 608. The molecule has 6 nitrogen and oxygen atoms in total. The Labute approximate surface area is 107 Å². The third kappa shape index (κ3) is 1.78. The van der Waals surface area contributed by atoms with Crippen LogP contribution < -0.4 is 4.90 Å². The number of aromatic amines is 1. The van der Waals surface area contributed by atoms with Crippen LogP contribution in [0.15, 0.2) is 12.7 Å². The lowest BCUT2D eigenvalue weighted by atomic mass is 10.2. The maximum absolute atomic E-state index is 11.9. The monoisotopic (exact) mass is 265 g/mol. The lowest BCUT2D eigenvalue weighted by Crippen LogP contribution is -2.50. The highest BCUT2D eigenvalue weighted by molar-refractivity contribution is 7.86. The summed E-state index contributed by atoms with van der Waals surface area (Å²) in [6.07, 6.45) is 3.15. The van der Waals surface area contributed by atoms with E-state index in [1.165, 1.54) is 6.33 Å². The number of nitrogens with one attached hydrogen (secondary N) is 1. The van der Waals surface area contributed by atoms with Gasteiger partial charge in [-0.1, -0.05) is 0 Å². The van der Waals surface area contributed by atoms with Gasteiger partial charge in [-0.3, -0.25) is 4.21 Å². The van der Waals surface area contributed by atoms with E-state index in [1.807, 2.05) is 13.8 Å². The topological polar surface area (TPSA) is 74.8 Å². The van der Waals surface area contributed by atoms with Gasteiger partial charge in [0.2, 0.25) is 0 Å². The molecule has 1 aliphatic rings. The van der Waals surface area contributed by atoms with Crippen LogP contribution in [-0.4, -0.2) is 47.7 Å². The van der Waals surface area contributed by atoms with Gasteiger partial charge in [-0.05, 0) is 13.8 Å². The molecule has 0 aromatic carbocycles. The molecule has 0 bridgehead atoms. The molecule has 1 saturated heterocycles. The number of hydrogen-bond donors (Lipinski definition) is 1. The zero-order valence-corrected chi connectivity index (χ0v) is 11.2. The van der Waals surface area contributed by atoms with Crippen molar-refractivity contribution in [1.29, 1.82) is 0 Å². The van der Waals surface area contributed by atoms with Crippen LogP contribution in [0, 0.1) is 0 Å². The van der Waals surface area contributed by atoms with Crippen molar-refractivity contribution in [2.75, 3.05) is 23.7 Å². The number of anilines is 1. The highest BCUT2D eigenvalue weighted by Crippen LogP contribution is 2.26. The van der Waals surface area contributed by atoms with Gasteiger partial charge in [0, 0.05) is 29.6 Å². The third-order valence-corrected chi connectivity index (χ3v) is 5.15. The molecule has 3 rings (SSSR count). The molecular weight excluding hydrogens is 250 g/mol. The Morgan fingerprint density at radius 3 is 3.00 bits per heavy atom. The van der Waals surface area contributed by atoms with Crippen LogP contribution in [0.4, 0.5) is 5.82 Å². The lowest BCUT2D eigenvalue weighted by Gasteiger charge is -2.37. The van der Waals surface area contributed by atoms with Crippen molar-refractivity contribution in [1.82, 2.24) is 19.9 Å². The summed E-state index contributed by atoms with van der Waals surface area (Å²) in [6.45, 7) is 5.53. The molecule has 0 radical (unpaired) electrons. The highest BCUT2D eigenvalue weighted by atomic mass is 32.2. The molecule has 1 aliphatic heterocycles. The van der Waals surface area contributed by atoms with E-state index in [0.717, 1.165) is 24.4 Å². The van der Waals surface area contributed by atoms with Gasteiger partial charge in [-0.15, -0.1) is 0 Å². The summed E-state index contributed by atoms with van der Waals surface area (Å²) < 4.78 is 11.7. The predicted molar refractivity (Wildman–Crippen MR) is 71.0 cm³/mol. The summed E-state index contributed by atoms with van der Waals surface area (Å²) in [7, 11) is -0.780. The van der Waals surface area contributed by atoms with Crippen molar-refractivity contribution in [2.45, 2.75) is 18.6 Å². The van der Waals surface area contributed by atoms with Gasteiger partial charge in [0.1, 0.15) is 11.8 Å². The summed E-state index contributed by atoms with van der Waals surface area (Å²) in [5.74, 6) is 1.52. The first kappa shape index (κ1) is 11.6. The zero-order chi connectivity index (χ0) is 12.8. The van der Waals surface area contributed by atoms with Crippen LogP contribution in [0.1, 0.15) is 13.8 Å². The summed E-state index contributed by atoms with van der Waals surface area (Å²) in [6, 6.07) is 0. The van der Waals surface area contributed by atoms with E-state index < -0.39 is 10.8 Å². The van der Waals surface area contributed by atoms with Crippen LogP contribution in [0.3, 0.4) is 0 Å². The van der Waals surface area contributed by atoms with E-state index >= 15 is 0 Å². The van der Waals surface area contributed by atoms with Gasteiger partial charge < -0.3 is 9.88 Å². The van der Waals surface area contributed by atoms with E-state index in [9.17, 15) is 4.21 Å². The number of hydrogen-bond acceptors (Lipinski definition) is 5. The van der Waals surface area contributed by atoms with Crippen molar-refractivity contribution in [2.24, 2.45) is 0 Å². The van der Waals surface area contributed by atoms with Crippen molar-refractivity contribution in [3.05, 3.63) is 12.7 Å². The van der Waals surface area contributed by atoms with Crippen LogP contribution in [-0.2, 0) is 10.8 Å². The van der Waals surface area contributed by atoms with Crippen LogP contribution >= 0.6 is 0 Å². The molecule has 2 aromatic heterocycles. The molecule has 0 aliphatic carbocycles. The molecule has 7 heteroatoms. The molecule has 0 unspecified atom stereocenters. The van der Waals surface area contributed by atoms with Gasteiger partial charge in [0.15, 0.2) is 11.5 Å². The van der Waals surface area contributed by atoms with E-state index in [1.54, 1.807) is 6.33 Å². The Kier molecular flexibility index (Phi) is 2.58. The van der Waals surface area contributed by atoms with Crippen LogP contribution in [0.25, 0.3) is 11.2 Å². The van der Waals surface area contributed by atoms with Gasteiger partial charge in [0.05, 0.1) is 11.1 Å². The molecule has 0 amide bonds. The first-order valence-electron chi connectivity index (χ1n) is 5.85. The zero-order valence-electron chi connectivity index (χ0n) is 10.4. The Balaban J connectivity index is 2.00. The number of nitrogens with zero attached hydrogens (tertiary/aromatic N) is 4. The molecule has 1 fully saturated rings. The van der Waals surface area contributed by atoms with Gasteiger partial charge >= 0.3 is 0 Å². The second-order valence-corrected chi connectivity index (χ2v) is 7.23. The minimum Gasteiger partial charge on any atom is -0.352 e. The standard InChI is InChI=1S/C11H15N5OS/c1-11(2)5-16(3-4-18(11)17)10-8-9(13-6-12-8)14-7-15-10/h6-7H,3-5H2,1-2H3,(H,12,13,14,15)/t18-/m0/s1. The normalized spacial score (nSPS) is 23.4. The van der Waals surface area contributed by atoms with E-state index in [2.05, 4.69) is 24.8 Å². The first-order valence-corrected chi connectivity index (χ1v) is 7.17. The van der Waals surface area contributed by atoms with Crippen LogP contribution in [0.2, 0.25) is 0 Å². The van der Waals surface area contributed by atoms with Crippen LogP contribution in [0.5, 0.6) is 0 Å². The lowest BCUT2D eigenvalue weighted by molar-refractivity contribution is 0.587. The van der Waals surface area contributed by atoms with E-state index in [4.69, 9.17) is 0 Å². The molecule has 0 saturated carbocycles. The van der Waals surface area contributed by atoms with Crippen molar-refractivity contribution in [3.63, 3.8) is 0 Å². The smallest absolute Gasteiger partial charge is 0.182 e. The molecule has 18 heavy (non-hydrogen) atoms. The largest absolute Gasteiger partial charge is 0.352 e. The molecular formula is C11H15N5OS. The predicted octanol–water partition coefficient (Wildman–Crippen LogP) is 0.700. The summed E-state index contributed by atoms with van der Waals surface area (Å²) in [5.41, 5.74) is 1.52. The summed E-state index contributed by atoms with van der Waals surface area (Å²) in [4.78, 5) is 17.8. The number of H-pyrrole nitrogens is 1. The van der Waals surface area contributed by atoms with Gasteiger partial charge in [-0.2, -0.15) is 0 Å². The minimum absolute atomic E-state index is 0.213. The Morgan fingerprint density at radius 2 is 2.22 bits per heavy atom. The minimum atomic E-state index is -0.780. The fraction of sp³-hybridized carbons (Fsp3) is 0.545. The number of imidazole rings is 1. The van der Waals surface area contributed by atoms with Gasteiger partial charge in [-0.25, -0.2) is 15.0 Å². The second-order valence-electron chi connectivity index (χ2n) is 5.03. The fourth-order valence-corrected chi connectivity index (χ4v) is 3.49. The molecule has 1 atom stereocenters. The maximum atomic E-state index is 11.9. The highest BCUT2D eigenvalue weighted by Gasteiger charge is 2.34. The molecule has 96 valence electrons. The van der Waals surface area contributed by atoms with E-state index in [0.29, 0.717) is 11.4 Å². The van der Waals surface area contributed by atoms with Crippen molar-refractivity contribution >= 4 is 27.8 Å².